The minimum Gasteiger partial charge on any atom is -0.485 e. The zero-order chi connectivity index (χ0) is 22.5. The minimum atomic E-state index is -1.25. The Hall–Kier alpha value is -3.16. The zero-order valence-electron chi connectivity index (χ0n) is 17.1. The van der Waals surface area contributed by atoms with E-state index in [1.807, 2.05) is 48.5 Å². The van der Waals surface area contributed by atoms with Gasteiger partial charge in [-0.2, -0.15) is 0 Å². The fourth-order valence-corrected chi connectivity index (χ4v) is 5.12. The molecule has 1 heterocycles. The van der Waals surface area contributed by atoms with Gasteiger partial charge >= 0.3 is 5.97 Å². The second-order valence-corrected chi connectivity index (χ2v) is 9.50. The van der Waals surface area contributed by atoms with Crippen LogP contribution in [0.15, 0.2) is 54.6 Å². The first-order valence-electron chi connectivity index (χ1n) is 10.1. The van der Waals surface area contributed by atoms with Gasteiger partial charge in [0.15, 0.2) is 0 Å². The summed E-state index contributed by atoms with van der Waals surface area (Å²) >= 11 is 7.99. The third-order valence-electron chi connectivity index (χ3n) is 5.89. The average molecular weight is 467 g/mol. The molecule has 6 nitrogen and oxygen atoms in total. The molecule has 2 atom stereocenters. The van der Waals surface area contributed by atoms with E-state index >= 15 is 0 Å². The molecular formula is C24H19ClN2O4S. The van der Waals surface area contributed by atoms with Crippen LogP contribution in [-0.4, -0.2) is 27.5 Å². The van der Waals surface area contributed by atoms with Gasteiger partial charge in [0, 0.05) is 15.8 Å². The number of carboxylic acid groups (broad SMARTS) is 1. The lowest BCUT2D eigenvalue weighted by molar-refractivity contribution is -0.140. The van der Waals surface area contributed by atoms with Gasteiger partial charge in [-0.05, 0) is 30.5 Å². The highest BCUT2D eigenvalue weighted by Gasteiger charge is 2.59. The van der Waals surface area contributed by atoms with E-state index in [-0.39, 0.29) is 18.1 Å². The molecule has 162 valence electrons. The summed E-state index contributed by atoms with van der Waals surface area (Å²) < 4.78 is 7.20. The normalized spacial score (nSPS) is 19.8. The van der Waals surface area contributed by atoms with Gasteiger partial charge in [-0.25, -0.2) is 9.78 Å². The highest BCUT2D eigenvalue weighted by atomic mass is 35.5. The van der Waals surface area contributed by atoms with Crippen molar-refractivity contribution >= 4 is 55.8 Å². The Morgan fingerprint density at radius 2 is 1.91 bits per heavy atom. The molecule has 4 aromatic rings. The number of para-hydroxylation sites is 1. The van der Waals surface area contributed by atoms with Crippen LogP contribution in [0.5, 0.6) is 5.75 Å². The van der Waals surface area contributed by atoms with E-state index in [1.54, 1.807) is 6.92 Å². The molecule has 0 spiro atoms. The number of halogens is 1. The molecule has 32 heavy (non-hydrogen) atoms. The average Bonchev–Trinajstić information content (AvgIpc) is 3.25. The number of hydrogen-bond donors (Lipinski definition) is 2. The Kier molecular flexibility index (Phi) is 5.03. The van der Waals surface area contributed by atoms with Crippen LogP contribution in [0.2, 0.25) is 5.02 Å². The fourth-order valence-electron chi connectivity index (χ4n) is 3.96. The first-order valence-corrected chi connectivity index (χ1v) is 11.3. The van der Waals surface area contributed by atoms with Crippen LogP contribution in [0, 0.1) is 5.92 Å². The van der Waals surface area contributed by atoms with Crippen LogP contribution in [-0.2, 0) is 11.4 Å². The summed E-state index contributed by atoms with van der Waals surface area (Å²) in [7, 11) is 0. The molecule has 3 aromatic carbocycles. The Bertz CT molecular complexity index is 1350. The molecule has 1 aromatic heterocycles. The Balaban J connectivity index is 1.53. The summed E-state index contributed by atoms with van der Waals surface area (Å²) in [6, 6.07) is 16.7. The van der Waals surface area contributed by atoms with E-state index in [9.17, 15) is 14.7 Å². The van der Waals surface area contributed by atoms with E-state index in [1.165, 1.54) is 17.4 Å². The largest absolute Gasteiger partial charge is 0.485 e. The maximum atomic E-state index is 13.2. The molecule has 0 radical (unpaired) electrons. The van der Waals surface area contributed by atoms with Crippen molar-refractivity contribution < 1.29 is 19.4 Å². The molecule has 1 amide bonds. The van der Waals surface area contributed by atoms with Crippen molar-refractivity contribution in [3.8, 4) is 5.75 Å². The number of nitrogens with zero attached hydrogens (tertiary/aromatic N) is 1. The van der Waals surface area contributed by atoms with Crippen LogP contribution in [0.25, 0.3) is 21.0 Å². The van der Waals surface area contributed by atoms with Gasteiger partial charge in [-0.15, -0.1) is 11.3 Å². The molecule has 5 rings (SSSR count). The Morgan fingerprint density at radius 1 is 1.22 bits per heavy atom. The smallest absolute Gasteiger partial charge is 0.329 e. The van der Waals surface area contributed by atoms with Crippen LogP contribution < -0.4 is 10.1 Å². The summed E-state index contributed by atoms with van der Waals surface area (Å²) in [6.07, 6.45) is 0.386. The van der Waals surface area contributed by atoms with Crippen molar-refractivity contribution in [2.24, 2.45) is 5.92 Å². The maximum Gasteiger partial charge on any atom is 0.329 e. The van der Waals surface area contributed by atoms with Gasteiger partial charge < -0.3 is 15.2 Å². The van der Waals surface area contributed by atoms with Crippen molar-refractivity contribution in [2.75, 3.05) is 0 Å². The number of carbonyl (C=O) groups excluding carboxylic acids is 1. The summed E-state index contributed by atoms with van der Waals surface area (Å²) in [5.74, 6) is -1.35. The Labute approximate surface area is 192 Å². The highest BCUT2D eigenvalue weighted by Crippen LogP contribution is 2.44. The number of carboxylic acids is 1. The van der Waals surface area contributed by atoms with Crippen molar-refractivity contribution in [3.63, 3.8) is 0 Å². The number of thiazole rings is 1. The third-order valence-corrected chi connectivity index (χ3v) is 7.22. The second-order valence-electron chi connectivity index (χ2n) is 7.98. The zero-order valence-corrected chi connectivity index (χ0v) is 18.7. The first kappa shape index (κ1) is 20.7. The van der Waals surface area contributed by atoms with Gasteiger partial charge in [-0.1, -0.05) is 54.9 Å². The quantitative estimate of drug-likeness (QED) is 0.404. The topological polar surface area (TPSA) is 88.5 Å². The number of amides is 1. The number of ether oxygens (including phenoxy) is 1. The van der Waals surface area contributed by atoms with E-state index in [0.717, 1.165) is 20.6 Å². The van der Waals surface area contributed by atoms with E-state index in [2.05, 4.69) is 10.3 Å². The van der Waals surface area contributed by atoms with Crippen LogP contribution in [0.3, 0.4) is 0 Å². The Morgan fingerprint density at radius 3 is 2.59 bits per heavy atom. The number of benzene rings is 3. The molecule has 1 saturated carbocycles. The summed E-state index contributed by atoms with van der Waals surface area (Å²) in [4.78, 5) is 29.5. The predicted molar refractivity (Wildman–Crippen MR) is 125 cm³/mol. The molecule has 0 bridgehead atoms. The van der Waals surface area contributed by atoms with Crippen LogP contribution in [0.4, 0.5) is 0 Å². The van der Waals surface area contributed by atoms with E-state index in [4.69, 9.17) is 16.3 Å². The van der Waals surface area contributed by atoms with Gasteiger partial charge in [0.2, 0.25) is 0 Å². The summed E-state index contributed by atoms with van der Waals surface area (Å²) in [5, 5.41) is 14.9. The number of aromatic nitrogens is 1. The van der Waals surface area contributed by atoms with Crippen molar-refractivity contribution in [2.45, 2.75) is 25.5 Å². The van der Waals surface area contributed by atoms with Gasteiger partial charge in [0.1, 0.15) is 22.9 Å². The van der Waals surface area contributed by atoms with Crippen molar-refractivity contribution in [3.05, 3.63) is 70.2 Å². The molecule has 1 fully saturated rings. The second kappa shape index (κ2) is 7.76. The molecule has 8 heteroatoms. The molecule has 0 aliphatic heterocycles. The lowest BCUT2D eigenvalue weighted by Crippen LogP contribution is -2.44. The molecule has 2 N–H and O–H groups in total. The number of hydrogen-bond acceptors (Lipinski definition) is 5. The van der Waals surface area contributed by atoms with Gasteiger partial charge in [0.25, 0.3) is 5.91 Å². The van der Waals surface area contributed by atoms with Crippen LogP contribution in [0.1, 0.15) is 28.7 Å². The monoisotopic (exact) mass is 466 g/mol. The van der Waals surface area contributed by atoms with Crippen molar-refractivity contribution in [1.29, 1.82) is 0 Å². The highest BCUT2D eigenvalue weighted by molar-refractivity contribution is 7.18. The molecule has 0 saturated heterocycles. The number of rotatable bonds is 6. The predicted octanol–water partition coefficient (Wildman–Crippen LogP) is 5.27. The molecular weight excluding hydrogens is 448 g/mol. The van der Waals surface area contributed by atoms with E-state index in [0.29, 0.717) is 22.6 Å². The lowest BCUT2D eigenvalue weighted by atomic mass is 10.0. The number of carbonyl (C=O) groups is 2. The SMILES string of the molecule is CC1CC1(NC(=O)c1cc(Cl)c2ccccc2c1OCc1nc2ccccc2s1)C(=O)O. The molecule has 1 aliphatic carbocycles. The minimum absolute atomic E-state index is 0.146. The van der Waals surface area contributed by atoms with Gasteiger partial charge in [-0.3, -0.25) is 4.79 Å². The lowest BCUT2D eigenvalue weighted by Gasteiger charge is -2.18. The molecule has 1 aliphatic rings. The van der Waals surface area contributed by atoms with E-state index < -0.39 is 17.4 Å². The van der Waals surface area contributed by atoms with Crippen molar-refractivity contribution in [1.82, 2.24) is 10.3 Å². The standard InChI is InChI=1S/C24H19ClN2O4S/c1-13-11-24(13,23(29)30)27-22(28)16-10-17(25)14-6-2-3-7-15(14)21(16)31-12-20-26-18-8-4-5-9-19(18)32-20/h2-10,13H,11-12H2,1H3,(H,27,28)(H,29,30). The molecule has 2 unspecified atom stereocenters. The van der Waals surface area contributed by atoms with Crippen LogP contribution >= 0.6 is 22.9 Å². The fraction of sp³-hybridized carbons (Fsp3) is 0.208. The third kappa shape index (κ3) is 3.47. The number of fused-ring (bicyclic) bond motifs is 2. The first-order chi connectivity index (χ1) is 15.4. The number of nitrogens with one attached hydrogen (secondary N) is 1. The number of aliphatic carboxylic acids is 1. The summed E-state index contributed by atoms with van der Waals surface area (Å²) in [5.41, 5.74) is -0.157. The summed E-state index contributed by atoms with van der Waals surface area (Å²) in [6.45, 7) is 1.97. The maximum absolute atomic E-state index is 13.2. The van der Waals surface area contributed by atoms with Gasteiger partial charge in [0.05, 0.1) is 15.8 Å².